The SMILES string of the molecule is CN=CC1CCC(N)CC1. The molecular weight excluding hydrogens is 124 g/mol. The lowest BCUT2D eigenvalue weighted by atomic mass is 9.87. The monoisotopic (exact) mass is 140 g/mol. The maximum atomic E-state index is 5.75. The van der Waals surface area contributed by atoms with E-state index in [-0.39, 0.29) is 0 Å². The molecule has 0 aromatic rings. The highest BCUT2D eigenvalue weighted by Gasteiger charge is 2.15. The molecule has 1 fully saturated rings. The first-order valence-electron chi connectivity index (χ1n) is 4.01. The Balaban J connectivity index is 2.26. The van der Waals surface area contributed by atoms with Gasteiger partial charge in [0.15, 0.2) is 0 Å². The topological polar surface area (TPSA) is 38.4 Å². The summed E-state index contributed by atoms with van der Waals surface area (Å²) in [7, 11) is 1.84. The van der Waals surface area contributed by atoms with Gasteiger partial charge < -0.3 is 10.7 Å². The number of nitrogens with two attached hydrogens (primary N) is 1. The van der Waals surface area contributed by atoms with E-state index in [1.807, 2.05) is 7.05 Å². The molecule has 0 radical (unpaired) electrons. The minimum Gasteiger partial charge on any atom is -0.328 e. The fourth-order valence-electron chi connectivity index (χ4n) is 1.50. The second-order valence-corrected chi connectivity index (χ2v) is 3.08. The Kier molecular flexibility index (Phi) is 2.87. The van der Waals surface area contributed by atoms with Crippen molar-refractivity contribution in [2.45, 2.75) is 31.7 Å². The summed E-state index contributed by atoms with van der Waals surface area (Å²) in [6, 6.07) is 0.460. The average Bonchev–Trinajstić information content (AvgIpc) is 1.95. The van der Waals surface area contributed by atoms with Crippen molar-refractivity contribution in [3.8, 4) is 0 Å². The third-order valence-corrected chi connectivity index (χ3v) is 2.18. The van der Waals surface area contributed by atoms with Crippen LogP contribution in [0.1, 0.15) is 25.7 Å². The van der Waals surface area contributed by atoms with Crippen LogP contribution < -0.4 is 5.73 Å². The van der Waals surface area contributed by atoms with E-state index in [1.54, 1.807) is 0 Å². The van der Waals surface area contributed by atoms with Crippen molar-refractivity contribution in [3.05, 3.63) is 0 Å². The van der Waals surface area contributed by atoms with Crippen LogP contribution in [0.3, 0.4) is 0 Å². The van der Waals surface area contributed by atoms with Gasteiger partial charge in [-0.15, -0.1) is 0 Å². The quantitative estimate of drug-likeness (QED) is 0.546. The molecule has 0 aliphatic heterocycles. The summed E-state index contributed by atoms with van der Waals surface area (Å²) in [5.41, 5.74) is 5.75. The van der Waals surface area contributed by atoms with E-state index in [1.165, 1.54) is 25.7 Å². The van der Waals surface area contributed by atoms with Gasteiger partial charge in [0.1, 0.15) is 0 Å². The molecule has 2 nitrogen and oxygen atoms in total. The van der Waals surface area contributed by atoms with Crippen LogP contribution in [0.2, 0.25) is 0 Å². The first-order valence-corrected chi connectivity index (χ1v) is 4.01. The van der Waals surface area contributed by atoms with Crippen LogP contribution in [0, 0.1) is 5.92 Å². The Labute approximate surface area is 62.5 Å². The van der Waals surface area contributed by atoms with Gasteiger partial charge in [-0.1, -0.05) is 0 Å². The van der Waals surface area contributed by atoms with Gasteiger partial charge in [0.2, 0.25) is 0 Å². The van der Waals surface area contributed by atoms with Crippen LogP contribution in [-0.2, 0) is 0 Å². The molecule has 0 saturated heterocycles. The summed E-state index contributed by atoms with van der Waals surface area (Å²) in [5.74, 6) is 0.713. The van der Waals surface area contributed by atoms with Crippen molar-refractivity contribution in [1.29, 1.82) is 0 Å². The van der Waals surface area contributed by atoms with Crippen molar-refractivity contribution in [1.82, 2.24) is 0 Å². The van der Waals surface area contributed by atoms with Crippen LogP contribution in [0.15, 0.2) is 4.99 Å². The normalized spacial score (nSPS) is 35.0. The largest absolute Gasteiger partial charge is 0.328 e. The Bertz CT molecular complexity index is 112. The number of nitrogens with zero attached hydrogens (tertiary/aromatic N) is 1. The highest BCUT2D eigenvalue weighted by molar-refractivity contribution is 5.60. The van der Waals surface area contributed by atoms with Gasteiger partial charge in [-0.25, -0.2) is 0 Å². The molecule has 0 unspecified atom stereocenters. The third-order valence-electron chi connectivity index (χ3n) is 2.18. The molecule has 0 heterocycles. The zero-order valence-electron chi connectivity index (χ0n) is 6.59. The van der Waals surface area contributed by atoms with E-state index in [2.05, 4.69) is 11.2 Å². The molecule has 1 rings (SSSR count). The van der Waals surface area contributed by atoms with E-state index < -0.39 is 0 Å². The van der Waals surface area contributed by atoms with Crippen LogP contribution in [-0.4, -0.2) is 19.3 Å². The molecule has 0 bridgehead atoms. The van der Waals surface area contributed by atoms with Gasteiger partial charge in [0, 0.05) is 19.3 Å². The van der Waals surface area contributed by atoms with E-state index >= 15 is 0 Å². The summed E-state index contributed by atoms with van der Waals surface area (Å²) in [4.78, 5) is 4.02. The zero-order valence-corrected chi connectivity index (χ0v) is 6.59. The third kappa shape index (κ3) is 2.10. The highest BCUT2D eigenvalue weighted by Crippen LogP contribution is 2.21. The van der Waals surface area contributed by atoms with Gasteiger partial charge in [0.25, 0.3) is 0 Å². The molecule has 0 aromatic heterocycles. The first kappa shape index (κ1) is 7.73. The summed E-state index contributed by atoms with van der Waals surface area (Å²) in [6.07, 6.45) is 6.89. The van der Waals surface area contributed by atoms with Crippen molar-refractivity contribution < 1.29 is 0 Å². The molecule has 1 saturated carbocycles. The van der Waals surface area contributed by atoms with Crippen LogP contribution in [0.4, 0.5) is 0 Å². The molecule has 0 amide bonds. The summed E-state index contributed by atoms with van der Waals surface area (Å²) in [5, 5.41) is 0. The summed E-state index contributed by atoms with van der Waals surface area (Å²) >= 11 is 0. The smallest absolute Gasteiger partial charge is 0.0273 e. The molecular formula is C8H16N2. The van der Waals surface area contributed by atoms with E-state index in [0.29, 0.717) is 12.0 Å². The number of hydrogen-bond acceptors (Lipinski definition) is 2. The Hall–Kier alpha value is -0.370. The summed E-state index contributed by atoms with van der Waals surface area (Å²) < 4.78 is 0. The Morgan fingerprint density at radius 2 is 1.90 bits per heavy atom. The Morgan fingerprint density at radius 1 is 1.30 bits per heavy atom. The van der Waals surface area contributed by atoms with E-state index in [4.69, 9.17) is 5.73 Å². The lowest BCUT2D eigenvalue weighted by Crippen LogP contribution is -2.26. The van der Waals surface area contributed by atoms with Crippen molar-refractivity contribution in [2.24, 2.45) is 16.6 Å². The average molecular weight is 140 g/mol. The molecule has 58 valence electrons. The molecule has 1 aliphatic rings. The highest BCUT2D eigenvalue weighted by atomic mass is 14.7. The van der Waals surface area contributed by atoms with Crippen LogP contribution in [0.25, 0.3) is 0 Å². The summed E-state index contributed by atoms with van der Waals surface area (Å²) in [6.45, 7) is 0. The van der Waals surface area contributed by atoms with Crippen LogP contribution in [0.5, 0.6) is 0 Å². The number of rotatable bonds is 1. The number of aliphatic imine (C=N–C) groups is 1. The minimum absolute atomic E-state index is 0.460. The van der Waals surface area contributed by atoms with Gasteiger partial charge >= 0.3 is 0 Å². The molecule has 10 heavy (non-hydrogen) atoms. The lowest BCUT2D eigenvalue weighted by Gasteiger charge is -2.22. The van der Waals surface area contributed by atoms with Gasteiger partial charge in [0.05, 0.1) is 0 Å². The van der Waals surface area contributed by atoms with Gasteiger partial charge in [-0.05, 0) is 31.6 Å². The standard InChI is InChI=1S/C8H16N2/c1-10-6-7-2-4-8(9)5-3-7/h6-8H,2-5,9H2,1H3. The van der Waals surface area contributed by atoms with Gasteiger partial charge in [-0.2, -0.15) is 0 Å². The van der Waals surface area contributed by atoms with Crippen LogP contribution >= 0.6 is 0 Å². The molecule has 0 aromatic carbocycles. The molecule has 2 N–H and O–H groups in total. The van der Waals surface area contributed by atoms with Crippen molar-refractivity contribution >= 4 is 6.21 Å². The minimum atomic E-state index is 0.460. The molecule has 1 aliphatic carbocycles. The fourth-order valence-corrected chi connectivity index (χ4v) is 1.50. The fraction of sp³-hybridized carbons (Fsp3) is 0.875. The van der Waals surface area contributed by atoms with E-state index in [0.717, 1.165) is 0 Å². The zero-order chi connectivity index (χ0) is 7.40. The maximum Gasteiger partial charge on any atom is 0.0273 e. The van der Waals surface area contributed by atoms with Gasteiger partial charge in [-0.3, -0.25) is 0 Å². The van der Waals surface area contributed by atoms with E-state index in [9.17, 15) is 0 Å². The molecule has 0 atom stereocenters. The molecule has 0 spiro atoms. The maximum absolute atomic E-state index is 5.75. The first-order chi connectivity index (χ1) is 4.83. The predicted octanol–water partition coefficient (Wildman–Crippen LogP) is 1.20. The lowest BCUT2D eigenvalue weighted by molar-refractivity contribution is 0.395. The van der Waals surface area contributed by atoms with Crippen molar-refractivity contribution in [3.63, 3.8) is 0 Å². The van der Waals surface area contributed by atoms with Crippen molar-refractivity contribution in [2.75, 3.05) is 7.05 Å². The number of hydrogen-bond donors (Lipinski definition) is 1. The Morgan fingerprint density at radius 3 is 2.40 bits per heavy atom. The second kappa shape index (κ2) is 3.71. The predicted molar refractivity (Wildman–Crippen MR) is 44.3 cm³/mol. The molecule has 2 heteroatoms. The second-order valence-electron chi connectivity index (χ2n) is 3.08.